The Hall–Kier alpha value is 0.960. The van der Waals surface area contributed by atoms with Crippen molar-refractivity contribution in [3.8, 4) is 0 Å². The first-order valence-electron chi connectivity index (χ1n) is 4.00. The van der Waals surface area contributed by atoms with E-state index >= 15 is 0 Å². The van der Waals surface area contributed by atoms with Crippen molar-refractivity contribution in [1.29, 1.82) is 0 Å². The first kappa shape index (κ1) is 6.47. The van der Waals surface area contributed by atoms with Crippen molar-refractivity contribution in [1.82, 2.24) is 0 Å². The standard InChI is InChI=1S/C8H10Br2/c9-7(3-4-7)8(10)5-6(8)1-2-6/h1-5H2. The molecule has 0 N–H and O–H groups in total. The van der Waals surface area contributed by atoms with Crippen molar-refractivity contribution in [3.63, 3.8) is 0 Å². The molecule has 0 aromatic heterocycles. The van der Waals surface area contributed by atoms with Crippen molar-refractivity contribution in [2.45, 2.75) is 40.8 Å². The molecular weight excluding hydrogens is 256 g/mol. The van der Waals surface area contributed by atoms with Crippen LogP contribution in [0.1, 0.15) is 32.1 Å². The van der Waals surface area contributed by atoms with Gasteiger partial charge in [0.2, 0.25) is 0 Å². The molecule has 3 aliphatic carbocycles. The van der Waals surface area contributed by atoms with Crippen LogP contribution < -0.4 is 0 Å². The monoisotopic (exact) mass is 264 g/mol. The molecule has 0 aliphatic heterocycles. The molecule has 0 aromatic rings. The van der Waals surface area contributed by atoms with Crippen LogP contribution in [0.2, 0.25) is 0 Å². The van der Waals surface area contributed by atoms with Gasteiger partial charge in [-0.3, -0.25) is 0 Å². The highest BCUT2D eigenvalue weighted by Crippen LogP contribution is 2.85. The van der Waals surface area contributed by atoms with E-state index in [4.69, 9.17) is 0 Å². The highest BCUT2D eigenvalue weighted by Gasteiger charge is 2.81. The van der Waals surface area contributed by atoms with E-state index in [9.17, 15) is 0 Å². The molecule has 1 atom stereocenters. The van der Waals surface area contributed by atoms with Gasteiger partial charge < -0.3 is 0 Å². The lowest BCUT2D eigenvalue weighted by Gasteiger charge is -2.14. The van der Waals surface area contributed by atoms with Gasteiger partial charge in [0.15, 0.2) is 0 Å². The van der Waals surface area contributed by atoms with Gasteiger partial charge in [-0.1, -0.05) is 31.9 Å². The highest BCUT2D eigenvalue weighted by molar-refractivity contribution is 9.13. The van der Waals surface area contributed by atoms with Crippen molar-refractivity contribution in [2.75, 3.05) is 0 Å². The SMILES string of the molecule is BrC1(C2(Br)CC23CC3)CC1. The predicted molar refractivity (Wildman–Crippen MR) is 48.8 cm³/mol. The summed E-state index contributed by atoms with van der Waals surface area (Å²) in [5.41, 5.74) is 0.771. The van der Waals surface area contributed by atoms with Crippen LogP contribution in [-0.2, 0) is 0 Å². The van der Waals surface area contributed by atoms with Crippen LogP contribution in [0, 0.1) is 5.41 Å². The minimum absolute atomic E-state index is 0.524. The molecule has 3 saturated carbocycles. The minimum atomic E-state index is 0.524. The summed E-state index contributed by atoms with van der Waals surface area (Å²) < 4.78 is 1.06. The molecule has 1 spiro atoms. The third-order valence-corrected chi connectivity index (χ3v) is 7.43. The van der Waals surface area contributed by atoms with E-state index in [-0.39, 0.29) is 0 Å². The lowest BCUT2D eigenvalue weighted by atomic mass is 10.2. The lowest BCUT2D eigenvalue weighted by molar-refractivity contribution is 0.730. The molecule has 0 saturated heterocycles. The summed E-state index contributed by atoms with van der Waals surface area (Å²) in [6, 6.07) is 0. The van der Waals surface area contributed by atoms with Crippen LogP contribution in [0.4, 0.5) is 0 Å². The van der Waals surface area contributed by atoms with E-state index in [1.807, 2.05) is 0 Å². The van der Waals surface area contributed by atoms with Crippen molar-refractivity contribution >= 4 is 31.9 Å². The Bertz CT molecular complexity index is 203. The average Bonchev–Trinajstić information content (AvgIpc) is 2.62. The molecule has 1 unspecified atom stereocenters. The smallest absolute Gasteiger partial charge is 0.0473 e. The second-order valence-electron chi connectivity index (χ2n) is 4.22. The Morgan fingerprint density at radius 2 is 1.50 bits per heavy atom. The van der Waals surface area contributed by atoms with E-state index < -0.39 is 0 Å². The summed E-state index contributed by atoms with van der Waals surface area (Å²) in [6.07, 6.45) is 7.17. The maximum Gasteiger partial charge on any atom is 0.0473 e. The number of rotatable bonds is 1. The van der Waals surface area contributed by atoms with Crippen LogP contribution in [0.3, 0.4) is 0 Å². The molecule has 3 fully saturated rings. The fourth-order valence-corrected chi connectivity index (χ4v) is 4.37. The zero-order chi connectivity index (χ0) is 7.04. The fraction of sp³-hybridized carbons (Fsp3) is 1.00. The summed E-state index contributed by atoms with van der Waals surface area (Å²) >= 11 is 7.75. The molecule has 0 amide bonds. The van der Waals surface area contributed by atoms with Crippen LogP contribution in [0.5, 0.6) is 0 Å². The third kappa shape index (κ3) is 0.523. The molecule has 0 nitrogen and oxygen atoms in total. The molecule has 2 heteroatoms. The lowest BCUT2D eigenvalue weighted by Crippen LogP contribution is -2.19. The Morgan fingerprint density at radius 3 is 1.80 bits per heavy atom. The van der Waals surface area contributed by atoms with E-state index in [0.29, 0.717) is 8.65 Å². The topological polar surface area (TPSA) is 0 Å². The normalized spacial score (nSPS) is 51.0. The number of alkyl halides is 2. The Morgan fingerprint density at radius 1 is 0.900 bits per heavy atom. The second kappa shape index (κ2) is 1.39. The van der Waals surface area contributed by atoms with Gasteiger partial charge in [0.05, 0.1) is 0 Å². The molecular formula is C8H10Br2. The molecule has 56 valence electrons. The number of hydrogen-bond donors (Lipinski definition) is 0. The second-order valence-corrected chi connectivity index (χ2v) is 7.10. The van der Waals surface area contributed by atoms with E-state index in [1.54, 1.807) is 0 Å². The predicted octanol–water partition coefficient (Wildman–Crippen LogP) is 3.23. The van der Waals surface area contributed by atoms with Crippen LogP contribution in [0.25, 0.3) is 0 Å². The molecule has 0 heterocycles. The third-order valence-electron chi connectivity index (χ3n) is 3.55. The van der Waals surface area contributed by atoms with Gasteiger partial charge in [-0.25, -0.2) is 0 Å². The van der Waals surface area contributed by atoms with Gasteiger partial charge in [-0.2, -0.15) is 0 Å². The highest BCUT2D eigenvalue weighted by atomic mass is 79.9. The van der Waals surface area contributed by atoms with Gasteiger partial charge in [0.25, 0.3) is 0 Å². The number of halogens is 2. The summed E-state index contributed by atoms with van der Waals surface area (Å²) in [7, 11) is 0. The molecule has 0 bridgehead atoms. The summed E-state index contributed by atoms with van der Waals surface area (Å²) in [4.78, 5) is 0. The Labute approximate surface area is 78.0 Å². The van der Waals surface area contributed by atoms with E-state index in [1.165, 1.54) is 32.1 Å². The van der Waals surface area contributed by atoms with Gasteiger partial charge in [-0.15, -0.1) is 0 Å². The molecule has 10 heavy (non-hydrogen) atoms. The minimum Gasteiger partial charge on any atom is -0.0838 e. The van der Waals surface area contributed by atoms with Gasteiger partial charge in [0.1, 0.15) is 0 Å². The summed E-state index contributed by atoms with van der Waals surface area (Å²) in [6.45, 7) is 0. The molecule has 3 aliphatic rings. The van der Waals surface area contributed by atoms with Gasteiger partial charge in [-0.05, 0) is 37.5 Å². The quantitative estimate of drug-likeness (QED) is 0.639. The maximum absolute atomic E-state index is 3.91. The van der Waals surface area contributed by atoms with Crippen LogP contribution in [0.15, 0.2) is 0 Å². The van der Waals surface area contributed by atoms with Gasteiger partial charge >= 0.3 is 0 Å². The van der Waals surface area contributed by atoms with Crippen molar-refractivity contribution < 1.29 is 0 Å². The average molecular weight is 266 g/mol. The van der Waals surface area contributed by atoms with Crippen molar-refractivity contribution in [3.05, 3.63) is 0 Å². The zero-order valence-electron chi connectivity index (χ0n) is 5.79. The summed E-state index contributed by atoms with van der Waals surface area (Å²) in [5, 5.41) is 0. The number of hydrogen-bond acceptors (Lipinski definition) is 0. The van der Waals surface area contributed by atoms with Gasteiger partial charge in [0, 0.05) is 8.65 Å². The van der Waals surface area contributed by atoms with Crippen LogP contribution >= 0.6 is 31.9 Å². The first-order chi connectivity index (χ1) is 4.62. The van der Waals surface area contributed by atoms with E-state index in [2.05, 4.69) is 31.9 Å². The van der Waals surface area contributed by atoms with Crippen LogP contribution in [-0.4, -0.2) is 8.65 Å². The Balaban J connectivity index is 1.94. The first-order valence-corrected chi connectivity index (χ1v) is 5.59. The zero-order valence-corrected chi connectivity index (χ0v) is 8.96. The van der Waals surface area contributed by atoms with E-state index in [0.717, 1.165) is 5.41 Å². The molecule has 3 rings (SSSR count). The largest absolute Gasteiger partial charge is 0.0838 e. The fourth-order valence-electron chi connectivity index (χ4n) is 2.29. The summed E-state index contributed by atoms with van der Waals surface area (Å²) in [5.74, 6) is 0. The molecule has 0 radical (unpaired) electrons. The maximum atomic E-state index is 3.91. The molecule has 0 aromatic carbocycles. The Kier molecular flexibility index (Phi) is 0.902. The van der Waals surface area contributed by atoms with Crippen molar-refractivity contribution in [2.24, 2.45) is 5.41 Å².